The third kappa shape index (κ3) is 3.01. The zero-order valence-corrected chi connectivity index (χ0v) is 22.5. The van der Waals surface area contributed by atoms with Gasteiger partial charge >= 0.3 is 5.97 Å². The highest BCUT2D eigenvalue weighted by molar-refractivity contribution is 5.76. The largest absolute Gasteiger partial charge is 0.481 e. The number of carboxylic acid groups (broad SMARTS) is 1. The van der Waals surface area contributed by atoms with Gasteiger partial charge in [0, 0.05) is 11.5 Å². The van der Waals surface area contributed by atoms with Crippen LogP contribution in [0, 0.1) is 56.7 Å². The third-order valence-corrected chi connectivity index (χ3v) is 13.8. The summed E-state index contributed by atoms with van der Waals surface area (Å²) in [5.74, 6) is 0.895. The zero-order chi connectivity index (χ0) is 25.6. The first-order chi connectivity index (χ1) is 16.4. The van der Waals surface area contributed by atoms with E-state index in [2.05, 4.69) is 34.3 Å². The fourth-order valence-corrected chi connectivity index (χ4v) is 11.6. The van der Waals surface area contributed by atoms with Crippen LogP contribution < -0.4 is 5.73 Å². The summed E-state index contributed by atoms with van der Waals surface area (Å²) in [5.41, 5.74) is 6.94. The lowest BCUT2D eigenvalue weighted by Crippen LogP contribution is -2.68. The van der Waals surface area contributed by atoms with Crippen LogP contribution in [-0.2, 0) is 4.79 Å². The monoisotopic (exact) mass is 487 g/mol. The van der Waals surface area contributed by atoms with Gasteiger partial charge in [-0.05, 0) is 116 Å². The van der Waals surface area contributed by atoms with Gasteiger partial charge in [-0.3, -0.25) is 4.79 Å². The highest BCUT2D eigenvalue weighted by Crippen LogP contribution is 2.77. The molecule has 5 aliphatic rings. The molecule has 0 aromatic heterocycles. The van der Waals surface area contributed by atoms with E-state index in [4.69, 9.17) is 5.73 Å². The van der Waals surface area contributed by atoms with Crippen LogP contribution in [0.1, 0.15) is 91.9 Å². The fraction of sp³-hybridized carbons (Fsp3) is 0.900. The van der Waals surface area contributed by atoms with Crippen LogP contribution in [0.25, 0.3) is 0 Å². The number of aliphatic hydroxyl groups excluding tert-OH is 2. The molecule has 0 heterocycles. The minimum absolute atomic E-state index is 0.0417. The van der Waals surface area contributed by atoms with Crippen molar-refractivity contribution in [1.29, 1.82) is 0 Å². The van der Waals surface area contributed by atoms with Crippen LogP contribution in [0.5, 0.6) is 0 Å². The third-order valence-electron chi connectivity index (χ3n) is 13.8. The second-order valence-corrected chi connectivity index (χ2v) is 14.4. The van der Waals surface area contributed by atoms with Crippen molar-refractivity contribution < 1.29 is 20.1 Å². The molecule has 0 radical (unpaired) electrons. The molecule has 0 saturated heterocycles. The number of rotatable bonds is 4. The van der Waals surface area contributed by atoms with Gasteiger partial charge < -0.3 is 21.1 Å². The predicted molar refractivity (Wildman–Crippen MR) is 137 cm³/mol. The van der Waals surface area contributed by atoms with Crippen molar-refractivity contribution in [3.05, 3.63) is 12.2 Å². The lowest BCUT2D eigenvalue weighted by atomic mass is 9.32. The van der Waals surface area contributed by atoms with Crippen LogP contribution in [-0.4, -0.2) is 40.5 Å². The maximum Gasteiger partial charge on any atom is 0.309 e. The highest BCUT2D eigenvalue weighted by Gasteiger charge is 2.72. The molecule has 0 amide bonds. The van der Waals surface area contributed by atoms with E-state index in [1.165, 1.54) is 0 Å². The zero-order valence-electron chi connectivity index (χ0n) is 22.5. The van der Waals surface area contributed by atoms with Crippen LogP contribution in [0.4, 0.5) is 0 Å². The van der Waals surface area contributed by atoms with Gasteiger partial charge in [0.25, 0.3) is 0 Å². The second-order valence-electron chi connectivity index (χ2n) is 14.4. The summed E-state index contributed by atoms with van der Waals surface area (Å²) < 4.78 is 0. The molecule has 1 unspecified atom stereocenters. The SMILES string of the molecule is C=C(CO)[C@@H]1CC[C@]2(C(=O)O)CC[C@]3(C)[C@H](CC[C@@H]4[C@@]5(C)CCC(N)[C@@](C)(CO)[C@@H]5CC[C@]43C)[C@@H]12. The summed E-state index contributed by atoms with van der Waals surface area (Å²) in [6.07, 6.45) is 9.80. The Bertz CT molecular complexity index is 905. The number of aliphatic hydroxyl groups is 2. The summed E-state index contributed by atoms with van der Waals surface area (Å²) in [7, 11) is 0. The number of hydrogen-bond acceptors (Lipinski definition) is 4. The van der Waals surface area contributed by atoms with Gasteiger partial charge in [-0.2, -0.15) is 0 Å². The first-order valence-corrected chi connectivity index (χ1v) is 14.2. The van der Waals surface area contributed by atoms with Crippen LogP contribution in [0.3, 0.4) is 0 Å². The van der Waals surface area contributed by atoms with Gasteiger partial charge in [-0.25, -0.2) is 0 Å². The average molecular weight is 488 g/mol. The molecule has 0 aromatic carbocycles. The Kier molecular flexibility index (Phi) is 5.91. The molecule has 35 heavy (non-hydrogen) atoms. The molecule has 0 spiro atoms. The quantitative estimate of drug-likeness (QED) is 0.418. The van der Waals surface area contributed by atoms with E-state index in [1.807, 2.05) is 0 Å². The molecule has 5 rings (SSSR count). The molecule has 198 valence electrons. The first-order valence-electron chi connectivity index (χ1n) is 14.2. The topological polar surface area (TPSA) is 104 Å². The maximum absolute atomic E-state index is 12.8. The van der Waals surface area contributed by atoms with Crippen LogP contribution in [0.15, 0.2) is 12.2 Å². The summed E-state index contributed by atoms with van der Waals surface area (Å²) in [6, 6.07) is 0.0523. The van der Waals surface area contributed by atoms with Crippen LogP contribution >= 0.6 is 0 Å². The smallest absolute Gasteiger partial charge is 0.309 e. The van der Waals surface area contributed by atoms with Gasteiger partial charge in [0.05, 0.1) is 18.6 Å². The molecule has 0 aliphatic heterocycles. The number of carboxylic acids is 1. The Morgan fingerprint density at radius 1 is 0.886 bits per heavy atom. The summed E-state index contributed by atoms with van der Waals surface area (Å²) in [5, 5.41) is 31.0. The second kappa shape index (κ2) is 8.04. The van der Waals surface area contributed by atoms with Crippen molar-refractivity contribution >= 4 is 5.97 Å². The van der Waals surface area contributed by atoms with E-state index in [0.29, 0.717) is 17.8 Å². The normalized spacial score (nSPS) is 55.3. The molecule has 5 saturated carbocycles. The van der Waals surface area contributed by atoms with Crippen molar-refractivity contribution in [3.8, 4) is 0 Å². The molecular weight excluding hydrogens is 438 g/mol. The van der Waals surface area contributed by atoms with E-state index in [-0.39, 0.29) is 52.8 Å². The number of aliphatic carboxylic acids is 1. The fourth-order valence-electron chi connectivity index (χ4n) is 11.6. The minimum atomic E-state index is -0.662. The predicted octanol–water partition coefficient (Wildman–Crippen LogP) is 5.00. The van der Waals surface area contributed by atoms with Gasteiger partial charge in [0.2, 0.25) is 0 Å². The number of fused-ring (bicyclic) bond motifs is 7. The van der Waals surface area contributed by atoms with Crippen molar-refractivity contribution in [2.24, 2.45) is 62.4 Å². The van der Waals surface area contributed by atoms with E-state index in [0.717, 1.165) is 69.8 Å². The number of nitrogens with two attached hydrogens (primary N) is 1. The molecule has 5 heteroatoms. The maximum atomic E-state index is 12.8. The average Bonchev–Trinajstić information content (AvgIpc) is 3.23. The van der Waals surface area contributed by atoms with Gasteiger partial charge in [0.1, 0.15) is 0 Å². The van der Waals surface area contributed by atoms with Crippen molar-refractivity contribution in [2.45, 2.75) is 97.9 Å². The first kappa shape index (κ1) is 25.7. The van der Waals surface area contributed by atoms with Crippen molar-refractivity contribution in [3.63, 3.8) is 0 Å². The highest BCUT2D eigenvalue weighted by atomic mass is 16.4. The van der Waals surface area contributed by atoms with Crippen LogP contribution in [0.2, 0.25) is 0 Å². The number of carbonyl (C=O) groups is 1. The Morgan fingerprint density at radius 2 is 1.60 bits per heavy atom. The molecular formula is C30H49NO4. The molecule has 0 bridgehead atoms. The summed E-state index contributed by atoms with van der Waals surface area (Å²) in [4.78, 5) is 12.8. The van der Waals surface area contributed by atoms with Gasteiger partial charge in [-0.1, -0.05) is 34.3 Å². The Balaban J connectivity index is 1.56. The van der Waals surface area contributed by atoms with E-state index in [1.54, 1.807) is 0 Å². The molecule has 5 fully saturated rings. The Morgan fingerprint density at radius 3 is 2.23 bits per heavy atom. The minimum Gasteiger partial charge on any atom is -0.481 e. The molecule has 11 atom stereocenters. The molecule has 5 N–H and O–H groups in total. The van der Waals surface area contributed by atoms with Gasteiger partial charge in [-0.15, -0.1) is 0 Å². The molecule has 0 aromatic rings. The van der Waals surface area contributed by atoms with Crippen molar-refractivity contribution in [2.75, 3.05) is 13.2 Å². The van der Waals surface area contributed by atoms with E-state index < -0.39 is 11.4 Å². The molecule has 5 aliphatic carbocycles. The Labute approximate surface area is 211 Å². The lowest BCUT2D eigenvalue weighted by molar-refractivity contribution is -0.243. The van der Waals surface area contributed by atoms with E-state index >= 15 is 0 Å². The number of hydrogen-bond donors (Lipinski definition) is 4. The standard InChI is InChI=1S/C30H49NO4/c1-18(16-32)19-8-13-30(25(34)35)15-14-28(4)20(24(19)30)6-7-22-26(2)11-10-23(31)27(3,17-33)21(26)9-12-29(22,28)5/h19-24,32-33H,1,6-17,31H2,2-5H3,(H,34,35)/t19-,20+,21+,22+,23?,24+,26-,27-,28+,29+,30-/m0/s1. The lowest BCUT2D eigenvalue weighted by Gasteiger charge is -2.73. The Hall–Kier alpha value is -0.910. The summed E-state index contributed by atoms with van der Waals surface area (Å²) >= 11 is 0. The summed E-state index contributed by atoms with van der Waals surface area (Å²) in [6.45, 7) is 14.1. The van der Waals surface area contributed by atoms with E-state index in [9.17, 15) is 20.1 Å². The van der Waals surface area contributed by atoms with Gasteiger partial charge in [0.15, 0.2) is 0 Å². The van der Waals surface area contributed by atoms with Crippen molar-refractivity contribution in [1.82, 2.24) is 0 Å². The molecule has 5 nitrogen and oxygen atoms in total.